The lowest BCUT2D eigenvalue weighted by Crippen LogP contribution is -2.21. The first-order valence-electron chi connectivity index (χ1n) is 5.47. The van der Waals surface area contributed by atoms with Gasteiger partial charge < -0.3 is 10.1 Å². The van der Waals surface area contributed by atoms with Gasteiger partial charge in [-0.1, -0.05) is 24.3 Å². The standard InChI is InChI=1S/C13H19NO2/c1-10(16-3)8-11-6-4-5-7-12(11)13(15)9-14-2/h4-7,10,14H,8-9H2,1-3H3. The molecule has 1 unspecified atom stereocenters. The Balaban J connectivity index is 2.87. The smallest absolute Gasteiger partial charge is 0.176 e. The first kappa shape index (κ1) is 12.9. The third kappa shape index (κ3) is 3.43. The summed E-state index contributed by atoms with van der Waals surface area (Å²) in [5.41, 5.74) is 1.85. The number of ether oxygens (including phenoxy) is 1. The van der Waals surface area contributed by atoms with Crippen LogP contribution in [0.1, 0.15) is 22.8 Å². The van der Waals surface area contributed by atoms with E-state index in [0.29, 0.717) is 6.54 Å². The number of nitrogens with one attached hydrogen (secondary N) is 1. The van der Waals surface area contributed by atoms with Crippen LogP contribution in [0.3, 0.4) is 0 Å². The second-order valence-corrected chi connectivity index (χ2v) is 3.86. The second-order valence-electron chi connectivity index (χ2n) is 3.86. The predicted molar refractivity (Wildman–Crippen MR) is 64.9 cm³/mol. The van der Waals surface area contributed by atoms with Crippen LogP contribution in [0.4, 0.5) is 0 Å². The molecule has 0 spiro atoms. The van der Waals surface area contributed by atoms with Crippen LogP contribution < -0.4 is 5.32 Å². The van der Waals surface area contributed by atoms with Crippen LogP contribution in [0, 0.1) is 0 Å². The molecule has 0 saturated carbocycles. The summed E-state index contributed by atoms with van der Waals surface area (Å²) in [5.74, 6) is 0.126. The van der Waals surface area contributed by atoms with Gasteiger partial charge in [0, 0.05) is 12.7 Å². The number of Topliss-reactive ketones (excluding diaryl/α,β-unsaturated/α-hetero) is 1. The summed E-state index contributed by atoms with van der Waals surface area (Å²) >= 11 is 0. The van der Waals surface area contributed by atoms with Gasteiger partial charge >= 0.3 is 0 Å². The summed E-state index contributed by atoms with van der Waals surface area (Å²) in [4.78, 5) is 11.8. The highest BCUT2D eigenvalue weighted by Gasteiger charge is 2.11. The van der Waals surface area contributed by atoms with Gasteiger partial charge in [0.25, 0.3) is 0 Å². The Labute approximate surface area is 96.8 Å². The minimum atomic E-state index is 0.126. The quantitative estimate of drug-likeness (QED) is 0.743. The van der Waals surface area contributed by atoms with Crippen molar-refractivity contribution in [2.24, 2.45) is 0 Å². The Bertz CT molecular complexity index is 350. The van der Waals surface area contributed by atoms with Gasteiger partial charge in [0.2, 0.25) is 0 Å². The van der Waals surface area contributed by atoms with E-state index in [1.807, 2.05) is 31.2 Å². The van der Waals surface area contributed by atoms with E-state index >= 15 is 0 Å². The molecule has 3 nitrogen and oxygen atoms in total. The van der Waals surface area contributed by atoms with E-state index < -0.39 is 0 Å². The number of hydrogen-bond acceptors (Lipinski definition) is 3. The highest BCUT2D eigenvalue weighted by atomic mass is 16.5. The number of ketones is 1. The summed E-state index contributed by atoms with van der Waals surface area (Å²) in [6.07, 6.45) is 0.894. The molecule has 0 heterocycles. The van der Waals surface area contributed by atoms with Crippen molar-refractivity contribution >= 4 is 5.78 Å². The molecule has 1 aromatic carbocycles. The van der Waals surface area contributed by atoms with Gasteiger partial charge in [0.15, 0.2) is 5.78 Å². The van der Waals surface area contributed by atoms with Gasteiger partial charge in [0.05, 0.1) is 12.6 Å². The molecule has 3 heteroatoms. The lowest BCUT2D eigenvalue weighted by molar-refractivity contribution is 0.0988. The van der Waals surface area contributed by atoms with E-state index in [0.717, 1.165) is 17.5 Å². The molecule has 0 aliphatic heterocycles. The molecule has 0 aromatic heterocycles. The van der Waals surface area contributed by atoms with Gasteiger partial charge in [-0.2, -0.15) is 0 Å². The SMILES string of the molecule is CNCC(=O)c1ccccc1CC(C)OC. The maximum atomic E-state index is 11.8. The maximum Gasteiger partial charge on any atom is 0.176 e. The Kier molecular flexibility index (Phi) is 5.15. The highest BCUT2D eigenvalue weighted by molar-refractivity contribution is 5.98. The van der Waals surface area contributed by atoms with Crippen LogP contribution in [0.5, 0.6) is 0 Å². The lowest BCUT2D eigenvalue weighted by atomic mass is 9.99. The molecule has 0 radical (unpaired) electrons. The normalized spacial score (nSPS) is 12.4. The van der Waals surface area contributed by atoms with Crippen LogP contribution in [-0.2, 0) is 11.2 Å². The fourth-order valence-corrected chi connectivity index (χ4v) is 1.62. The number of rotatable bonds is 6. The number of methoxy groups -OCH3 is 1. The molecular formula is C13H19NO2. The molecule has 1 N–H and O–H groups in total. The van der Waals surface area contributed by atoms with Gasteiger partial charge in [-0.05, 0) is 26.0 Å². The molecule has 16 heavy (non-hydrogen) atoms. The topological polar surface area (TPSA) is 38.3 Å². The zero-order valence-corrected chi connectivity index (χ0v) is 10.1. The first-order valence-corrected chi connectivity index (χ1v) is 5.47. The molecule has 88 valence electrons. The first-order chi connectivity index (χ1) is 7.69. The van der Waals surface area contributed by atoms with Crippen molar-refractivity contribution in [1.29, 1.82) is 0 Å². The number of hydrogen-bond donors (Lipinski definition) is 1. The van der Waals surface area contributed by atoms with E-state index in [1.165, 1.54) is 0 Å². The van der Waals surface area contributed by atoms with Crippen LogP contribution in [0.15, 0.2) is 24.3 Å². The summed E-state index contributed by atoms with van der Waals surface area (Å²) in [6.45, 7) is 2.37. The van der Waals surface area contributed by atoms with Crippen LogP contribution in [0.2, 0.25) is 0 Å². The molecule has 0 bridgehead atoms. The second kappa shape index (κ2) is 6.40. The minimum absolute atomic E-state index is 0.126. The fourth-order valence-electron chi connectivity index (χ4n) is 1.62. The zero-order valence-electron chi connectivity index (χ0n) is 10.1. The molecule has 0 saturated heterocycles. The number of likely N-dealkylation sites (N-methyl/N-ethyl adjacent to an activating group) is 1. The van der Waals surface area contributed by atoms with Gasteiger partial charge in [-0.3, -0.25) is 4.79 Å². The molecule has 1 rings (SSSR count). The van der Waals surface area contributed by atoms with Crippen LogP contribution in [-0.4, -0.2) is 32.6 Å². The molecule has 0 aliphatic rings. The Hall–Kier alpha value is -1.19. The van der Waals surface area contributed by atoms with Crippen molar-refractivity contribution in [2.75, 3.05) is 20.7 Å². The summed E-state index contributed by atoms with van der Waals surface area (Å²) in [5, 5.41) is 2.88. The average molecular weight is 221 g/mol. The fraction of sp³-hybridized carbons (Fsp3) is 0.462. The minimum Gasteiger partial charge on any atom is -0.381 e. The third-order valence-corrected chi connectivity index (χ3v) is 2.56. The van der Waals surface area contributed by atoms with Crippen LogP contribution in [0.25, 0.3) is 0 Å². The highest BCUT2D eigenvalue weighted by Crippen LogP contribution is 2.12. The summed E-state index contributed by atoms with van der Waals surface area (Å²) < 4.78 is 5.22. The Morgan fingerprint density at radius 3 is 2.75 bits per heavy atom. The summed E-state index contributed by atoms with van der Waals surface area (Å²) in [6, 6.07) is 7.70. The van der Waals surface area contributed by atoms with E-state index in [9.17, 15) is 4.79 Å². The molecule has 1 atom stereocenters. The van der Waals surface area contributed by atoms with Crippen molar-refractivity contribution in [3.05, 3.63) is 35.4 Å². The maximum absolute atomic E-state index is 11.8. The van der Waals surface area contributed by atoms with Gasteiger partial charge in [-0.25, -0.2) is 0 Å². The Morgan fingerprint density at radius 2 is 2.12 bits per heavy atom. The van der Waals surface area contributed by atoms with Crippen molar-refractivity contribution < 1.29 is 9.53 Å². The number of carbonyl (C=O) groups excluding carboxylic acids is 1. The van der Waals surface area contributed by atoms with Crippen molar-refractivity contribution in [3.8, 4) is 0 Å². The van der Waals surface area contributed by atoms with Crippen molar-refractivity contribution in [3.63, 3.8) is 0 Å². The van der Waals surface area contributed by atoms with E-state index in [1.54, 1.807) is 14.2 Å². The van der Waals surface area contributed by atoms with Crippen LogP contribution >= 0.6 is 0 Å². The number of benzene rings is 1. The molecule has 1 aromatic rings. The predicted octanol–water partition coefficient (Wildman–Crippen LogP) is 1.67. The van der Waals surface area contributed by atoms with E-state index in [2.05, 4.69) is 5.32 Å². The molecule has 0 fully saturated rings. The zero-order chi connectivity index (χ0) is 12.0. The third-order valence-electron chi connectivity index (χ3n) is 2.56. The lowest BCUT2D eigenvalue weighted by Gasteiger charge is -2.12. The van der Waals surface area contributed by atoms with Crippen molar-refractivity contribution in [2.45, 2.75) is 19.4 Å². The molecule has 0 aliphatic carbocycles. The van der Waals surface area contributed by atoms with Gasteiger partial charge in [-0.15, -0.1) is 0 Å². The van der Waals surface area contributed by atoms with E-state index in [-0.39, 0.29) is 11.9 Å². The average Bonchev–Trinajstić information content (AvgIpc) is 2.30. The van der Waals surface area contributed by atoms with Crippen molar-refractivity contribution in [1.82, 2.24) is 5.32 Å². The number of carbonyl (C=O) groups is 1. The molecule has 0 amide bonds. The summed E-state index contributed by atoms with van der Waals surface area (Å²) in [7, 11) is 3.46. The van der Waals surface area contributed by atoms with E-state index in [4.69, 9.17) is 4.74 Å². The monoisotopic (exact) mass is 221 g/mol. The van der Waals surface area contributed by atoms with Gasteiger partial charge in [0.1, 0.15) is 0 Å². The molecular weight excluding hydrogens is 202 g/mol. The largest absolute Gasteiger partial charge is 0.381 e. The Morgan fingerprint density at radius 1 is 1.44 bits per heavy atom.